The zero-order valence-corrected chi connectivity index (χ0v) is 47.8. The second kappa shape index (κ2) is 47.5. The highest BCUT2D eigenvalue weighted by Crippen LogP contribution is 2.30. The average Bonchev–Trinajstić information content (AvgIpc) is 3.41. The molecule has 9 N–H and O–H groups in total. The lowest BCUT2D eigenvalue weighted by Crippen LogP contribution is -2.65. The minimum absolute atomic E-state index is 0.211. The summed E-state index contributed by atoms with van der Waals surface area (Å²) in [4.78, 5) is 13.3. The van der Waals surface area contributed by atoms with Crippen molar-refractivity contribution in [1.82, 2.24) is 5.32 Å². The molecule has 2 aliphatic rings. The zero-order chi connectivity index (χ0) is 54.6. The summed E-state index contributed by atoms with van der Waals surface area (Å²) >= 11 is 0. The van der Waals surface area contributed by atoms with E-state index in [4.69, 9.17) is 18.9 Å². The number of nitrogens with one attached hydrogen (secondary N) is 1. The molecule has 0 aliphatic carbocycles. The van der Waals surface area contributed by atoms with Gasteiger partial charge in [-0.3, -0.25) is 4.79 Å². The number of aliphatic hydroxyl groups is 8. The van der Waals surface area contributed by atoms with Crippen molar-refractivity contribution in [2.24, 2.45) is 0 Å². The lowest BCUT2D eigenvalue weighted by Gasteiger charge is -2.46. The molecule has 14 nitrogen and oxygen atoms in total. The molecule has 0 aromatic carbocycles. The molecule has 0 aromatic heterocycles. The highest BCUT2D eigenvalue weighted by atomic mass is 16.7. The van der Waals surface area contributed by atoms with Crippen LogP contribution in [0.1, 0.15) is 277 Å². The van der Waals surface area contributed by atoms with Crippen LogP contribution in [0.5, 0.6) is 0 Å². The number of unbranched alkanes of at least 4 members (excludes halogenated alkanes) is 36. The van der Waals surface area contributed by atoms with Crippen molar-refractivity contribution in [1.29, 1.82) is 0 Å². The Morgan fingerprint density at radius 1 is 0.467 bits per heavy atom. The van der Waals surface area contributed by atoms with Crippen molar-refractivity contribution in [2.75, 3.05) is 19.8 Å². The Kier molecular flexibility index (Phi) is 44.3. The van der Waals surface area contributed by atoms with Crippen LogP contribution in [-0.2, 0) is 23.7 Å². The maximum atomic E-state index is 13.3. The van der Waals surface area contributed by atoms with Crippen molar-refractivity contribution >= 4 is 5.91 Å². The Morgan fingerprint density at radius 3 is 1.27 bits per heavy atom. The molecule has 0 bridgehead atoms. The maximum absolute atomic E-state index is 13.3. The van der Waals surface area contributed by atoms with Crippen LogP contribution in [0.25, 0.3) is 0 Å². The molecule has 75 heavy (non-hydrogen) atoms. The predicted octanol–water partition coefficient (Wildman–Crippen LogP) is 11.1. The summed E-state index contributed by atoms with van der Waals surface area (Å²) in [6, 6.07) is -0.830. The third-order valence-corrected chi connectivity index (χ3v) is 15.7. The number of amides is 1. The van der Waals surface area contributed by atoms with Crippen LogP contribution in [0.15, 0.2) is 12.2 Å². The molecule has 1 amide bonds. The van der Waals surface area contributed by atoms with E-state index in [1.165, 1.54) is 180 Å². The third-order valence-electron chi connectivity index (χ3n) is 15.7. The topological polar surface area (TPSA) is 228 Å². The molecule has 2 heterocycles. The van der Waals surface area contributed by atoms with E-state index in [2.05, 4.69) is 31.3 Å². The molecule has 14 heteroatoms. The van der Waals surface area contributed by atoms with Crippen LogP contribution in [-0.4, -0.2) is 140 Å². The van der Waals surface area contributed by atoms with Crippen molar-refractivity contribution in [2.45, 2.75) is 351 Å². The Bertz CT molecular complexity index is 1310. The highest BCUT2D eigenvalue weighted by molar-refractivity contribution is 5.76. The van der Waals surface area contributed by atoms with Crippen molar-refractivity contribution in [3.63, 3.8) is 0 Å². The molecular formula is C61H117NO13. The molecule has 2 rings (SSSR count). The molecule has 0 radical (unpaired) electrons. The van der Waals surface area contributed by atoms with Crippen LogP contribution < -0.4 is 5.32 Å². The molecular weight excluding hydrogens is 955 g/mol. The lowest BCUT2D eigenvalue weighted by molar-refractivity contribution is -0.359. The quantitative estimate of drug-likeness (QED) is 0.0204. The van der Waals surface area contributed by atoms with E-state index >= 15 is 0 Å². The molecule has 12 atom stereocenters. The number of rotatable bonds is 51. The van der Waals surface area contributed by atoms with E-state index in [9.17, 15) is 45.6 Å². The summed E-state index contributed by atoms with van der Waals surface area (Å²) in [5.41, 5.74) is 0. The molecule has 2 aliphatic heterocycles. The summed E-state index contributed by atoms with van der Waals surface area (Å²) in [5, 5.41) is 87.3. The van der Waals surface area contributed by atoms with Gasteiger partial charge in [0.1, 0.15) is 48.8 Å². The van der Waals surface area contributed by atoms with Crippen molar-refractivity contribution < 1.29 is 64.6 Å². The van der Waals surface area contributed by atoms with Crippen LogP contribution in [0, 0.1) is 0 Å². The normalized spacial score (nSPS) is 25.0. The number of hydrogen-bond acceptors (Lipinski definition) is 13. The van der Waals surface area contributed by atoms with Gasteiger partial charge in [-0.1, -0.05) is 244 Å². The summed E-state index contributed by atoms with van der Waals surface area (Å²) in [7, 11) is 0. The number of aliphatic hydroxyl groups excluding tert-OH is 8. The van der Waals surface area contributed by atoms with E-state index in [1.807, 2.05) is 0 Å². The van der Waals surface area contributed by atoms with Gasteiger partial charge in [0.25, 0.3) is 0 Å². The lowest BCUT2D eigenvalue weighted by atomic mass is 9.97. The molecule has 0 spiro atoms. The highest BCUT2D eigenvalue weighted by Gasteiger charge is 2.51. The fourth-order valence-corrected chi connectivity index (χ4v) is 10.6. The van der Waals surface area contributed by atoms with Crippen LogP contribution in [0.2, 0.25) is 0 Å². The van der Waals surface area contributed by atoms with Crippen LogP contribution in [0.3, 0.4) is 0 Å². The number of carbonyl (C=O) groups is 1. The van der Waals surface area contributed by atoms with Crippen molar-refractivity contribution in [3.05, 3.63) is 12.2 Å². The molecule has 2 saturated heterocycles. The largest absolute Gasteiger partial charge is 0.394 e. The van der Waals surface area contributed by atoms with E-state index in [-0.39, 0.29) is 12.5 Å². The van der Waals surface area contributed by atoms with Gasteiger partial charge >= 0.3 is 0 Å². The second-order valence-electron chi connectivity index (χ2n) is 22.5. The number of hydrogen-bond donors (Lipinski definition) is 9. The Morgan fingerprint density at radius 2 is 0.840 bits per heavy atom. The molecule has 12 unspecified atom stereocenters. The zero-order valence-electron chi connectivity index (χ0n) is 47.8. The van der Waals surface area contributed by atoms with Crippen LogP contribution in [0.4, 0.5) is 0 Å². The summed E-state index contributed by atoms with van der Waals surface area (Å²) in [6.45, 7) is 2.89. The van der Waals surface area contributed by atoms with Gasteiger partial charge in [-0.25, -0.2) is 0 Å². The van der Waals surface area contributed by atoms with Crippen LogP contribution >= 0.6 is 0 Å². The Hall–Kier alpha value is -1.27. The van der Waals surface area contributed by atoms with E-state index in [0.29, 0.717) is 19.3 Å². The molecule has 0 saturated carbocycles. The van der Waals surface area contributed by atoms with E-state index in [0.717, 1.165) is 64.2 Å². The first-order chi connectivity index (χ1) is 36.6. The first-order valence-electron chi connectivity index (χ1n) is 31.4. The average molecular weight is 1070 g/mol. The fourth-order valence-electron chi connectivity index (χ4n) is 10.6. The van der Waals surface area contributed by atoms with Gasteiger partial charge in [0.2, 0.25) is 5.91 Å². The monoisotopic (exact) mass is 1070 g/mol. The predicted molar refractivity (Wildman–Crippen MR) is 300 cm³/mol. The van der Waals surface area contributed by atoms with Gasteiger partial charge in [0.15, 0.2) is 12.6 Å². The first kappa shape index (κ1) is 69.8. The smallest absolute Gasteiger partial charge is 0.220 e. The minimum atomic E-state index is -1.78. The van der Waals surface area contributed by atoms with E-state index in [1.54, 1.807) is 0 Å². The van der Waals surface area contributed by atoms with Gasteiger partial charge < -0.3 is 65.1 Å². The minimum Gasteiger partial charge on any atom is -0.394 e. The Balaban J connectivity index is 1.71. The van der Waals surface area contributed by atoms with Gasteiger partial charge in [0, 0.05) is 6.42 Å². The standard InChI is InChI=1S/C61H117NO13/c1-3-5-7-9-11-13-15-17-19-21-22-23-24-25-26-27-28-29-30-32-34-36-38-40-42-44-50(65)49(62-53(66)45-43-41-39-37-35-33-31-20-18-16-14-12-10-8-6-4-2)48-72-60-58(71)56(69)59(52(47-64)74-60)75-61-57(70)55(68)54(67)51(46-63)73-61/h20,31,49-52,54-61,63-65,67-71H,3-19,21-30,32-48H2,1-2H3,(H,62,66)/b31-20-. The fraction of sp³-hybridized carbons (Fsp3) is 0.951. The molecule has 444 valence electrons. The molecule has 2 fully saturated rings. The van der Waals surface area contributed by atoms with Gasteiger partial charge in [-0.15, -0.1) is 0 Å². The number of allylic oxidation sites excluding steroid dienone is 2. The second-order valence-corrected chi connectivity index (χ2v) is 22.5. The molecule has 0 aromatic rings. The summed E-state index contributed by atoms with van der Waals surface area (Å²) < 4.78 is 22.9. The SMILES string of the molecule is CCCCCCCCC/C=C\CCCCCCCC(=O)NC(COC1OC(CO)C(OC2OC(CO)C(O)C(O)C2O)C(O)C1O)C(O)CCCCCCCCCCCCCCCCCCCCCCCCCCC. The maximum Gasteiger partial charge on any atom is 0.220 e. The van der Waals surface area contributed by atoms with Gasteiger partial charge in [0.05, 0.1) is 32.0 Å². The Labute approximate surface area is 456 Å². The van der Waals surface area contributed by atoms with E-state index < -0.39 is 86.8 Å². The summed E-state index contributed by atoms with van der Waals surface area (Å²) in [6.07, 6.45) is 37.9. The number of carbonyl (C=O) groups excluding carboxylic acids is 1. The third kappa shape index (κ3) is 33.2. The van der Waals surface area contributed by atoms with Gasteiger partial charge in [-0.05, 0) is 38.5 Å². The van der Waals surface area contributed by atoms with Crippen molar-refractivity contribution in [3.8, 4) is 0 Å². The first-order valence-corrected chi connectivity index (χ1v) is 31.4. The van der Waals surface area contributed by atoms with Gasteiger partial charge in [-0.2, -0.15) is 0 Å². The summed E-state index contributed by atoms with van der Waals surface area (Å²) in [5.74, 6) is -0.211. The number of ether oxygens (including phenoxy) is 4.